The average Bonchev–Trinajstić information content (AvgIpc) is 2.32. The molecule has 0 spiro atoms. The Kier molecular flexibility index (Phi) is 3.57. The fourth-order valence-corrected chi connectivity index (χ4v) is 2.30. The first-order chi connectivity index (χ1) is 8.50. The molecule has 0 aromatic heterocycles. The zero-order valence-electron chi connectivity index (χ0n) is 9.51. The fraction of sp³-hybridized carbons (Fsp3) is 0.0714. The molecule has 0 heterocycles. The number of hydrogen-bond acceptors (Lipinski definition) is 1. The van der Waals surface area contributed by atoms with Gasteiger partial charge in [0.1, 0.15) is 0 Å². The number of ketones is 1. The van der Waals surface area contributed by atoms with E-state index in [-0.39, 0.29) is 5.56 Å². The van der Waals surface area contributed by atoms with E-state index in [2.05, 4.69) is 15.9 Å². The monoisotopic (exact) mass is 310 g/mol. The number of carbonyl (C=O) groups is 1. The van der Waals surface area contributed by atoms with Crippen LogP contribution in [0.15, 0.2) is 40.9 Å². The summed E-state index contributed by atoms with van der Waals surface area (Å²) in [6.07, 6.45) is 0. The second-order valence-electron chi connectivity index (χ2n) is 3.91. The van der Waals surface area contributed by atoms with Crippen molar-refractivity contribution in [2.45, 2.75) is 6.92 Å². The minimum Gasteiger partial charge on any atom is -0.288 e. The third-order valence-electron chi connectivity index (χ3n) is 2.57. The van der Waals surface area contributed by atoms with E-state index in [1.807, 2.05) is 6.92 Å². The number of aryl methyl sites for hydroxylation is 1. The fourth-order valence-electron chi connectivity index (χ4n) is 1.63. The summed E-state index contributed by atoms with van der Waals surface area (Å²) in [4.78, 5) is 12.1. The van der Waals surface area contributed by atoms with Crippen molar-refractivity contribution in [2.75, 3.05) is 0 Å². The number of rotatable bonds is 2. The van der Waals surface area contributed by atoms with Crippen molar-refractivity contribution in [3.8, 4) is 0 Å². The van der Waals surface area contributed by atoms with Gasteiger partial charge in [0.25, 0.3) is 0 Å². The van der Waals surface area contributed by atoms with E-state index in [9.17, 15) is 13.6 Å². The van der Waals surface area contributed by atoms with Crippen molar-refractivity contribution < 1.29 is 13.6 Å². The van der Waals surface area contributed by atoms with Crippen molar-refractivity contribution in [1.29, 1.82) is 0 Å². The summed E-state index contributed by atoms with van der Waals surface area (Å²) in [6.45, 7) is 1.88. The second-order valence-corrected chi connectivity index (χ2v) is 4.77. The predicted octanol–water partition coefficient (Wildman–Crippen LogP) is 4.27. The number of benzene rings is 2. The van der Waals surface area contributed by atoms with E-state index in [0.717, 1.165) is 11.6 Å². The van der Waals surface area contributed by atoms with Crippen LogP contribution in [0.1, 0.15) is 21.5 Å². The lowest BCUT2D eigenvalue weighted by atomic mass is 10.0. The van der Waals surface area contributed by atoms with E-state index in [1.165, 1.54) is 12.1 Å². The summed E-state index contributed by atoms with van der Waals surface area (Å²) in [5.74, 6) is -2.68. The molecular formula is C14H9BrF2O. The van der Waals surface area contributed by atoms with E-state index in [1.54, 1.807) is 18.2 Å². The molecule has 0 radical (unpaired) electrons. The standard InChI is InChI=1S/C14H9BrF2O/c1-8-5-6-9(11(15)7-8)14(18)10-3-2-4-12(16)13(10)17/h2-7H,1H3. The van der Waals surface area contributed by atoms with Gasteiger partial charge in [-0.15, -0.1) is 0 Å². The summed E-state index contributed by atoms with van der Waals surface area (Å²) in [7, 11) is 0. The number of carbonyl (C=O) groups excluding carboxylic acids is 1. The van der Waals surface area contributed by atoms with Gasteiger partial charge in [0.15, 0.2) is 17.4 Å². The summed E-state index contributed by atoms with van der Waals surface area (Å²) in [5, 5.41) is 0. The Balaban J connectivity index is 2.51. The predicted molar refractivity (Wildman–Crippen MR) is 68.7 cm³/mol. The van der Waals surface area contributed by atoms with Crippen LogP contribution < -0.4 is 0 Å². The van der Waals surface area contributed by atoms with Crippen molar-refractivity contribution >= 4 is 21.7 Å². The molecule has 0 N–H and O–H groups in total. The highest BCUT2D eigenvalue weighted by atomic mass is 79.9. The Morgan fingerprint density at radius 1 is 1.11 bits per heavy atom. The summed E-state index contributed by atoms with van der Waals surface area (Å²) < 4.78 is 27.2. The number of halogens is 3. The van der Waals surface area contributed by atoms with E-state index < -0.39 is 17.4 Å². The molecule has 0 saturated carbocycles. The molecule has 0 saturated heterocycles. The normalized spacial score (nSPS) is 10.4. The highest BCUT2D eigenvalue weighted by Crippen LogP contribution is 2.23. The largest absolute Gasteiger partial charge is 0.288 e. The Bertz CT molecular complexity index is 623. The molecule has 0 amide bonds. The lowest BCUT2D eigenvalue weighted by Crippen LogP contribution is -2.06. The van der Waals surface area contributed by atoms with Crippen LogP contribution in [0.5, 0.6) is 0 Å². The first-order valence-electron chi connectivity index (χ1n) is 5.25. The van der Waals surface area contributed by atoms with E-state index in [0.29, 0.717) is 10.0 Å². The van der Waals surface area contributed by atoms with Crippen molar-refractivity contribution in [1.82, 2.24) is 0 Å². The molecule has 0 bridgehead atoms. The third kappa shape index (κ3) is 2.34. The smallest absolute Gasteiger partial charge is 0.197 e. The van der Waals surface area contributed by atoms with Gasteiger partial charge in [-0.2, -0.15) is 0 Å². The molecule has 0 aliphatic heterocycles. The molecule has 2 aromatic carbocycles. The van der Waals surface area contributed by atoms with E-state index in [4.69, 9.17) is 0 Å². The maximum absolute atomic E-state index is 13.5. The molecule has 1 nitrogen and oxygen atoms in total. The first-order valence-corrected chi connectivity index (χ1v) is 6.05. The van der Waals surface area contributed by atoms with Gasteiger partial charge in [0.05, 0.1) is 5.56 Å². The quantitative estimate of drug-likeness (QED) is 0.757. The SMILES string of the molecule is Cc1ccc(C(=O)c2cccc(F)c2F)c(Br)c1. The molecule has 18 heavy (non-hydrogen) atoms. The molecular weight excluding hydrogens is 302 g/mol. The molecule has 2 rings (SSSR count). The molecule has 0 unspecified atom stereocenters. The van der Waals surface area contributed by atoms with Gasteiger partial charge in [-0.05, 0) is 36.8 Å². The molecule has 2 aromatic rings. The molecule has 0 aliphatic carbocycles. The van der Waals surface area contributed by atoms with Crippen molar-refractivity contribution in [3.63, 3.8) is 0 Å². The minimum absolute atomic E-state index is 0.264. The Labute approximate surface area is 112 Å². The van der Waals surface area contributed by atoms with Gasteiger partial charge in [-0.1, -0.05) is 28.1 Å². The van der Waals surface area contributed by atoms with Crippen LogP contribution >= 0.6 is 15.9 Å². The highest BCUT2D eigenvalue weighted by Gasteiger charge is 2.18. The van der Waals surface area contributed by atoms with Crippen LogP contribution in [0.25, 0.3) is 0 Å². The maximum Gasteiger partial charge on any atom is 0.197 e. The second kappa shape index (κ2) is 4.98. The summed E-state index contributed by atoms with van der Waals surface area (Å²) in [6, 6.07) is 8.66. The molecule has 4 heteroatoms. The lowest BCUT2D eigenvalue weighted by molar-refractivity contribution is 0.103. The van der Waals surface area contributed by atoms with Gasteiger partial charge >= 0.3 is 0 Å². The summed E-state index contributed by atoms with van der Waals surface area (Å²) in [5.41, 5.74) is 1.02. The van der Waals surface area contributed by atoms with Crippen LogP contribution in [-0.4, -0.2) is 5.78 Å². The zero-order chi connectivity index (χ0) is 13.3. The molecule has 0 aliphatic rings. The number of hydrogen-bond donors (Lipinski definition) is 0. The summed E-state index contributed by atoms with van der Waals surface area (Å²) >= 11 is 3.25. The maximum atomic E-state index is 13.5. The van der Waals surface area contributed by atoms with Gasteiger partial charge in [-0.3, -0.25) is 4.79 Å². The van der Waals surface area contributed by atoms with Crippen LogP contribution in [0.4, 0.5) is 8.78 Å². The Hall–Kier alpha value is -1.55. The van der Waals surface area contributed by atoms with Gasteiger partial charge < -0.3 is 0 Å². The lowest BCUT2D eigenvalue weighted by Gasteiger charge is -2.06. The van der Waals surface area contributed by atoms with Crippen molar-refractivity contribution in [3.05, 3.63) is 69.2 Å². The zero-order valence-corrected chi connectivity index (χ0v) is 11.1. The van der Waals surface area contributed by atoms with Crippen molar-refractivity contribution in [2.24, 2.45) is 0 Å². The molecule has 0 fully saturated rings. The Morgan fingerprint density at radius 3 is 2.50 bits per heavy atom. The topological polar surface area (TPSA) is 17.1 Å². The van der Waals surface area contributed by atoms with Gasteiger partial charge in [-0.25, -0.2) is 8.78 Å². The van der Waals surface area contributed by atoms with Crippen LogP contribution in [0.3, 0.4) is 0 Å². The van der Waals surface area contributed by atoms with Crippen LogP contribution in [0.2, 0.25) is 0 Å². The highest BCUT2D eigenvalue weighted by molar-refractivity contribution is 9.10. The molecule has 92 valence electrons. The van der Waals surface area contributed by atoms with Crippen LogP contribution in [0, 0.1) is 18.6 Å². The average molecular weight is 311 g/mol. The minimum atomic E-state index is -1.12. The van der Waals surface area contributed by atoms with Gasteiger partial charge in [0.2, 0.25) is 0 Å². The van der Waals surface area contributed by atoms with Crippen LogP contribution in [-0.2, 0) is 0 Å². The third-order valence-corrected chi connectivity index (χ3v) is 3.22. The van der Waals surface area contributed by atoms with E-state index >= 15 is 0 Å². The first kappa shape index (κ1) is 12.9. The van der Waals surface area contributed by atoms with Gasteiger partial charge in [0, 0.05) is 10.0 Å². The Morgan fingerprint density at radius 2 is 1.83 bits per heavy atom. The molecule has 0 atom stereocenters.